The molecule has 1 amide bonds. The van der Waals surface area contributed by atoms with E-state index in [1.807, 2.05) is 36.9 Å². The number of amides is 1. The third kappa shape index (κ3) is 4.59. The predicted octanol–water partition coefficient (Wildman–Crippen LogP) is 3.31. The third-order valence-electron chi connectivity index (χ3n) is 6.95. The SMILES string of the molecule is COc1cc2c(cc1OC)CN(C(=O)C1CCN(S(=O)(=O)c3ccc(C)c(C)c3)CC1)CC2. The van der Waals surface area contributed by atoms with E-state index in [1.54, 1.807) is 26.4 Å². The van der Waals surface area contributed by atoms with E-state index in [4.69, 9.17) is 9.47 Å². The Morgan fingerprint density at radius 3 is 2.15 bits per heavy atom. The van der Waals surface area contributed by atoms with E-state index in [9.17, 15) is 13.2 Å². The molecule has 0 radical (unpaired) electrons. The van der Waals surface area contributed by atoms with Gasteiger partial charge in [0.1, 0.15) is 0 Å². The zero-order chi connectivity index (χ0) is 23.8. The smallest absolute Gasteiger partial charge is 0.243 e. The normalized spacial score (nSPS) is 17.5. The maximum absolute atomic E-state index is 13.3. The fourth-order valence-electron chi connectivity index (χ4n) is 4.70. The number of methoxy groups -OCH3 is 2. The summed E-state index contributed by atoms with van der Waals surface area (Å²) in [7, 11) is -0.320. The Morgan fingerprint density at radius 2 is 1.55 bits per heavy atom. The quantitative estimate of drug-likeness (QED) is 0.667. The molecule has 2 aliphatic rings. The predicted molar refractivity (Wildman–Crippen MR) is 126 cm³/mol. The van der Waals surface area contributed by atoms with Crippen LogP contribution in [0.25, 0.3) is 0 Å². The van der Waals surface area contributed by atoms with Crippen LogP contribution in [0.3, 0.4) is 0 Å². The molecule has 0 aliphatic carbocycles. The molecule has 8 heteroatoms. The van der Waals surface area contributed by atoms with Crippen molar-refractivity contribution in [2.24, 2.45) is 5.92 Å². The lowest BCUT2D eigenvalue weighted by Gasteiger charge is -2.36. The number of piperidine rings is 1. The van der Waals surface area contributed by atoms with Crippen LogP contribution in [-0.4, -0.2) is 57.4 Å². The van der Waals surface area contributed by atoms with Crippen molar-refractivity contribution in [1.82, 2.24) is 9.21 Å². The Labute approximate surface area is 196 Å². The van der Waals surface area contributed by atoms with Crippen LogP contribution < -0.4 is 9.47 Å². The van der Waals surface area contributed by atoms with Gasteiger partial charge in [0.25, 0.3) is 0 Å². The summed E-state index contributed by atoms with van der Waals surface area (Å²) in [5.41, 5.74) is 4.27. The van der Waals surface area contributed by atoms with Gasteiger partial charge in [0, 0.05) is 32.1 Å². The summed E-state index contributed by atoms with van der Waals surface area (Å²) in [6.07, 6.45) is 1.85. The van der Waals surface area contributed by atoms with Crippen molar-refractivity contribution in [3.8, 4) is 11.5 Å². The number of nitrogens with zero attached hydrogens (tertiary/aromatic N) is 2. The Morgan fingerprint density at radius 1 is 0.909 bits per heavy atom. The van der Waals surface area contributed by atoms with Crippen LogP contribution in [0, 0.1) is 19.8 Å². The maximum Gasteiger partial charge on any atom is 0.243 e. The molecule has 2 aromatic carbocycles. The summed E-state index contributed by atoms with van der Waals surface area (Å²) < 4.78 is 38.5. The van der Waals surface area contributed by atoms with E-state index in [0.29, 0.717) is 55.4 Å². The van der Waals surface area contributed by atoms with Crippen LogP contribution in [0.2, 0.25) is 0 Å². The number of ether oxygens (including phenoxy) is 2. The molecule has 2 aromatic rings. The van der Waals surface area contributed by atoms with Gasteiger partial charge in [0.2, 0.25) is 15.9 Å². The number of sulfonamides is 1. The van der Waals surface area contributed by atoms with Gasteiger partial charge in [-0.2, -0.15) is 4.31 Å². The third-order valence-corrected chi connectivity index (χ3v) is 8.84. The zero-order valence-corrected chi connectivity index (χ0v) is 20.6. The average molecular weight is 473 g/mol. The molecule has 1 saturated heterocycles. The molecule has 0 spiro atoms. The number of carbonyl (C=O) groups excluding carboxylic acids is 1. The summed E-state index contributed by atoms with van der Waals surface area (Å²) in [5, 5.41) is 0. The minimum absolute atomic E-state index is 0.110. The molecule has 0 unspecified atom stereocenters. The molecule has 7 nitrogen and oxygen atoms in total. The number of hydrogen-bond donors (Lipinski definition) is 0. The molecular weight excluding hydrogens is 440 g/mol. The second-order valence-electron chi connectivity index (χ2n) is 8.91. The molecular formula is C25H32N2O5S. The molecule has 2 aliphatic heterocycles. The molecule has 4 rings (SSSR count). The summed E-state index contributed by atoms with van der Waals surface area (Å²) >= 11 is 0. The van der Waals surface area contributed by atoms with Gasteiger partial charge in [-0.05, 0) is 79.6 Å². The molecule has 1 fully saturated rings. The molecule has 0 bridgehead atoms. The van der Waals surface area contributed by atoms with Crippen molar-refractivity contribution in [2.75, 3.05) is 33.9 Å². The Kier molecular flexibility index (Phi) is 6.68. The standard InChI is InChI=1S/C25H32N2O5S/c1-17-5-6-22(13-18(17)2)33(29,30)27-11-8-19(9-12-27)25(28)26-10-7-20-14-23(31-3)24(32-4)15-21(20)16-26/h5-6,13-15,19H,7-12,16H2,1-4H3. The van der Waals surface area contributed by atoms with Gasteiger partial charge in [0.15, 0.2) is 11.5 Å². The van der Waals surface area contributed by atoms with E-state index >= 15 is 0 Å². The zero-order valence-electron chi connectivity index (χ0n) is 19.8. The highest BCUT2D eigenvalue weighted by atomic mass is 32.2. The molecule has 0 aromatic heterocycles. The highest BCUT2D eigenvalue weighted by Gasteiger charge is 2.35. The first-order valence-corrected chi connectivity index (χ1v) is 12.8. The van der Waals surface area contributed by atoms with Gasteiger partial charge in [0.05, 0.1) is 19.1 Å². The molecule has 178 valence electrons. The van der Waals surface area contributed by atoms with E-state index in [-0.39, 0.29) is 11.8 Å². The van der Waals surface area contributed by atoms with Gasteiger partial charge < -0.3 is 14.4 Å². The van der Waals surface area contributed by atoms with Crippen LogP contribution in [0.5, 0.6) is 11.5 Å². The van der Waals surface area contributed by atoms with Crippen LogP contribution >= 0.6 is 0 Å². The van der Waals surface area contributed by atoms with E-state index < -0.39 is 10.0 Å². The van der Waals surface area contributed by atoms with Crippen molar-refractivity contribution in [1.29, 1.82) is 0 Å². The first-order chi connectivity index (χ1) is 15.7. The van der Waals surface area contributed by atoms with Gasteiger partial charge >= 0.3 is 0 Å². The lowest BCUT2D eigenvalue weighted by molar-refractivity contribution is -0.137. The van der Waals surface area contributed by atoms with Crippen LogP contribution in [-0.2, 0) is 27.8 Å². The van der Waals surface area contributed by atoms with Crippen molar-refractivity contribution in [3.05, 3.63) is 52.6 Å². The highest BCUT2D eigenvalue weighted by Crippen LogP contribution is 2.34. The minimum Gasteiger partial charge on any atom is -0.493 e. The van der Waals surface area contributed by atoms with Gasteiger partial charge in [-0.3, -0.25) is 4.79 Å². The Bertz CT molecular complexity index is 1150. The number of hydrogen-bond acceptors (Lipinski definition) is 5. The number of rotatable bonds is 5. The monoisotopic (exact) mass is 472 g/mol. The topological polar surface area (TPSA) is 76.2 Å². The summed E-state index contributed by atoms with van der Waals surface area (Å²) in [5.74, 6) is 1.32. The second-order valence-corrected chi connectivity index (χ2v) is 10.8. The van der Waals surface area contributed by atoms with Crippen molar-refractivity contribution in [3.63, 3.8) is 0 Å². The van der Waals surface area contributed by atoms with Crippen molar-refractivity contribution in [2.45, 2.75) is 44.6 Å². The average Bonchev–Trinajstić information content (AvgIpc) is 2.83. The van der Waals surface area contributed by atoms with E-state index in [2.05, 4.69) is 0 Å². The molecule has 0 atom stereocenters. The largest absolute Gasteiger partial charge is 0.493 e. The fourth-order valence-corrected chi connectivity index (χ4v) is 6.25. The van der Waals surface area contributed by atoms with Crippen molar-refractivity contribution >= 4 is 15.9 Å². The first-order valence-electron chi connectivity index (χ1n) is 11.3. The highest BCUT2D eigenvalue weighted by molar-refractivity contribution is 7.89. The number of benzene rings is 2. The van der Waals surface area contributed by atoms with Crippen LogP contribution in [0.15, 0.2) is 35.2 Å². The van der Waals surface area contributed by atoms with E-state index in [0.717, 1.165) is 23.1 Å². The molecule has 0 saturated carbocycles. The minimum atomic E-state index is -3.55. The lowest BCUT2D eigenvalue weighted by atomic mass is 9.93. The molecule has 33 heavy (non-hydrogen) atoms. The van der Waals surface area contributed by atoms with Gasteiger partial charge in [-0.15, -0.1) is 0 Å². The van der Waals surface area contributed by atoms with Gasteiger partial charge in [-0.25, -0.2) is 8.42 Å². The van der Waals surface area contributed by atoms with Crippen LogP contribution in [0.4, 0.5) is 0 Å². The molecule has 2 heterocycles. The summed E-state index contributed by atoms with van der Waals surface area (Å²) in [6.45, 7) is 5.80. The number of fused-ring (bicyclic) bond motifs is 1. The number of carbonyl (C=O) groups is 1. The van der Waals surface area contributed by atoms with Crippen molar-refractivity contribution < 1.29 is 22.7 Å². The fraction of sp³-hybridized carbons (Fsp3) is 0.480. The number of aryl methyl sites for hydroxylation is 2. The lowest BCUT2D eigenvalue weighted by Crippen LogP contribution is -2.45. The summed E-state index contributed by atoms with van der Waals surface area (Å²) in [4.78, 5) is 15.5. The van der Waals surface area contributed by atoms with Gasteiger partial charge in [-0.1, -0.05) is 6.07 Å². The maximum atomic E-state index is 13.3. The van der Waals surface area contributed by atoms with Crippen LogP contribution in [0.1, 0.15) is 35.1 Å². The Hall–Kier alpha value is -2.58. The van der Waals surface area contributed by atoms with E-state index in [1.165, 1.54) is 9.87 Å². The summed E-state index contributed by atoms with van der Waals surface area (Å²) in [6, 6.07) is 9.19. The second kappa shape index (κ2) is 9.35. The Balaban J connectivity index is 1.41. The molecule has 0 N–H and O–H groups in total. The first kappa shape index (κ1) is 23.6.